The minimum absolute atomic E-state index is 0.0238. The van der Waals surface area contributed by atoms with Gasteiger partial charge in [0.15, 0.2) is 0 Å². The van der Waals surface area contributed by atoms with Crippen molar-refractivity contribution in [1.82, 2.24) is 0 Å². The topological polar surface area (TPSA) is 55.1 Å². The molecule has 0 spiro atoms. The van der Waals surface area contributed by atoms with Gasteiger partial charge < -0.3 is 11.1 Å². The van der Waals surface area contributed by atoms with E-state index in [0.29, 0.717) is 23.6 Å². The van der Waals surface area contributed by atoms with Crippen LogP contribution in [0.5, 0.6) is 0 Å². The maximum Gasteiger partial charge on any atom is 0.224 e. The standard InChI is InChI=1S/C17H21FN2O/c18-15-8-9-16(14(12-15)7-4-10-19)20-17(21)11-13-5-2-1-3-6-13/h8-9,12-13H,1-3,5-6,10-11,19H2,(H,20,21). The Morgan fingerprint density at radius 1 is 1.33 bits per heavy atom. The van der Waals surface area contributed by atoms with Crippen LogP contribution in [-0.2, 0) is 4.79 Å². The second-order valence-corrected chi connectivity index (χ2v) is 5.45. The van der Waals surface area contributed by atoms with Crippen molar-refractivity contribution in [3.8, 4) is 11.8 Å². The lowest BCUT2D eigenvalue weighted by Crippen LogP contribution is -2.18. The molecule has 0 unspecified atom stereocenters. The Bertz CT molecular complexity index is 554. The molecule has 0 saturated heterocycles. The van der Waals surface area contributed by atoms with Crippen molar-refractivity contribution in [3.63, 3.8) is 0 Å². The molecule has 0 bridgehead atoms. The van der Waals surface area contributed by atoms with Crippen LogP contribution in [0.25, 0.3) is 0 Å². The van der Waals surface area contributed by atoms with Crippen LogP contribution in [-0.4, -0.2) is 12.5 Å². The molecule has 1 saturated carbocycles. The van der Waals surface area contributed by atoms with Crippen molar-refractivity contribution in [2.24, 2.45) is 11.7 Å². The number of nitrogens with one attached hydrogen (secondary N) is 1. The molecule has 3 nitrogen and oxygen atoms in total. The fourth-order valence-corrected chi connectivity index (χ4v) is 2.73. The number of amides is 1. The molecule has 0 aromatic heterocycles. The summed E-state index contributed by atoms with van der Waals surface area (Å²) in [6.45, 7) is 0.200. The van der Waals surface area contributed by atoms with Gasteiger partial charge in [-0.25, -0.2) is 4.39 Å². The number of hydrogen-bond donors (Lipinski definition) is 2. The first-order valence-electron chi connectivity index (χ1n) is 7.47. The lowest BCUT2D eigenvalue weighted by molar-refractivity contribution is -0.117. The van der Waals surface area contributed by atoms with Crippen LogP contribution in [0.2, 0.25) is 0 Å². The molecule has 1 aliphatic carbocycles. The minimum Gasteiger partial charge on any atom is -0.325 e. The average Bonchev–Trinajstić information content (AvgIpc) is 2.48. The van der Waals surface area contributed by atoms with E-state index in [-0.39, 0.29) is 18.3 Å². The highest BCUT2D eigenvalue weighted by atomic mass is 19.1. The van der Waals surface area contributed by atoms with Gasteiger partial charge in [0.25, 0.3) is 0 Å². The first-order valence-corrected chi connectivity index (χ1v) is 7.47. The highest BCUT2D eigenvalue weighted by Gasteiger charge is 2.17. The number of halogens is 1. The second-order valence-electron chi connectivity index (χ2n) is 5.45. The van der Waals surface area contributed by atoms with Gasteiger partial charge in [-0.2, -0.15) is 0 Å². The lowest BCUT2D eigenvalue weighted by atomic mass is 9.87. The zero-order valence-electron chi connectivity index (χ0n) is 12.1. The van der Waals surface area contributed by atoms with Crippen molar-refractivity contribution in [1.29, 1.82) is 0 Å². The molecule has 112 valence electrons. The summed E-state index contributed by atoms with van der Waals surface area (Å²) in [5.74, 6) is 5.55. The summed E-state index contributed by atoms with van der Waals surface area (Å²) >= 11 is 0. The third kappa shape index (κ3) is 4.87. The van der Waals surface area contributed by atoms with Gasteiger partial charge in [-0.15, -0.1) is 0 Å². The molecule has 1 fully saturated rings. The van der Waals surface area contributed by atoms with Crippen LogP contribution in [0.3, 0.4) is 0 Å². The van der Waals surface area contributed by atoms with Crippen LogP contribution < -0.4 is 11.1 Å². The van der Waals surface area contributed by atoms with Gasteiger partial charge in [0.1, 0.15) is 5.82 Å². The molecule has 4 heteroatoms. The summed E-state index contributed by atoms with van der Waals surface area (Å²) in [5.41, 5.74) is 6.36. The number of anilines is 1. The molecule has 2 rings (SSSR count). The zero-order valence-corrected chi connectivity index (χ0v) is 12.1. The normalized spacial score (nSPS) is 15.1. The van der Waals surface area contributed by atoms with Crippen LogP contribution >= 0.6 is 0 Å². The molecule has 3 N–H and O–H groups in total. The minimum atomic E-state index is -0.374. The maximum absolute atomic E-state index is 13.3. The predicted octanol–water partition coefficient (Wildman–Crippen LogP) is 3.04. The predicted molar refractivity (Wildman–Crippen MR) is 82.2 cm³/mol. The van der Waals surface area contributed by atoms with E-state index in [9.17, 15) is 9.18 Å². The molecular weight excluding hydrogens is 267 g/mol. The largest absolute Gasteiger partial charge is 0.325 e. The molecule has 1 aromatic carbocycles. The first-order chi connectivity index (χ1) is 10.2. The number of nitrogens with two attached hydrogens (primary N) is 1. The Morgan fingerprint density at radius 2 is 2.10 bits per heavy atom. The average molecular weight is 288 g/mol. The van der Waals surface area contributed by atoms with Crippen molar-refractivity contribution in [3.05, 3.63) is 29.6 Å². The Hall–Kier alpha value is -1.86. The monoisotopic (exact) mass is 288 g/mol. The lowest BCUT2D eigenvalue weighted by Gasteiger charge is -2.21. The summed E-state index contributed by atoms with van der Waals surface area (Å²) < 4.78 is 13.3. The van der Waals surface area contributed by atoms with E-state index in [1.807, 2.05) is 0 Å². The van der Waals surface area contributed by atoms with Crippen LogP contribution in [0, 0.1) is 23.6 Å². The fraction of sp³-hybridized carbons (Fsp3) is 0.471. The van der Waals surface area contributed by atoms with Crippen molar-refractivity contribution in [2.45, 2.75) is 38.5 Å². The van der Waals surface area contributed by atoms with Crippen molar-refractivity contribution in [2.75, 3.05) is 11.9 Å². The van der Waals surface area contributed by atoms with E-state index >= 15 is 0 Å². The Kier molecular flexibility index (Phi) is 5.77. The summed E-state index contributed by atoms with van der Waals surface area (Å²) in [4.78, 5) is 12.1. The number of carbonyl (C=O) groups excluding carboxylic acids is 1. The molecule has 1 aliphatic rings. The summed E-state index contributed by atoms with van der Waals surface area (Å²) in [5, 5.41) is 2.85. The SMILES string of the molecule is NCC#Cc1cc(F)ccc1NC(=O)CC1CCCCC1. The van der Waals surface area contributed by atoms with Crippen LogP contribution in [0.4, 0.5) is 10.1 Å². The molecule has 1 amide bonds. The number of rotatable bonds is 3. The van der Waals surface area contributed by atoms with E-state index in [4.69, 9.17) is 5.73 Å². The summed E-state index contributed by atoms with van der Waals surface area (Å²) in [6.07, 6.45) is 6.47. The molecule has 0 heterocycles. The Labute approximate surface area is 125 Å². The van der Waals surface area contributed by atoms with E-state index in [0.717, 1.165) is 12.8 Å². The van der Waals surface area contributed by atoms with Gasteiger partial charge in [0, 0.05) is 6.42 Å². The van der Waals surface area contributed by atoms with E-state index < -0.39 is 0 Å². The highest BCUT2D eigenvalue weighted by Crippen LogP contribution is 2.27. The van der Waals surface area contributed by atoms with E-state index in [1.165, 1.54) is 31.4 Å². The zero-order chi connectivity index (χ0) is 15.1. The molecule has 21 heavy (non-hydrogen) atoms. The van der Waals surface area contributed by atoms with E-state index in [2.05, 4.69) is 17.2 Å². The molecule has 0 radical (unpaired) electrons. The van der Waals surface area contributed by atoms with Crippen molar-refractivity contribution < 1.29 is 9.18 Å². The van der Waals surface area contributed by atoms with Crippen LogP contribution in [0.15, 0.2) is 18.2 Å². The number of hydrogen-bond acceptors (Lipinski definition) is 2. The maximum atomic E-state index is 13.3. The summed E-state index contributed by atoms with van der Waals surface area (Å²) in [6, 6.07) is 4.19. The number of carbonyl (C=O) groups is 1. The summed E-state index contributed by atoms with van der Waals surface area (Å²) in [7, 11) is 0. The molecular formula is C17H21FN2O. The smallest absolute Gasteiger partial charge is 0.224 e. The molecule has 1 aromatic rings. The quantitative estimate of drug-likeness (QED) is 0.840. The molecule has 0 atom stereocenters. The first kappa shape index (κ1) is 15.5. The van der Waals surface area contributed by atoms with Gasteiger partial charge >= 0.3 is 0 Å². The Morgan fingerprint density at radius 3 is 2.81 bits per heavy atom. The van der Waals surface area contributed by atoms with Gasteiger partial charge in [0.2, 0.25) is 5.91 Å². The molecule has 0 aliphatic heterocycles. The Balaban J connectivity index is 2.02. The second kappa shape index (κ2) is 7.80. The van der Waals surface area contributed by atoms with Crippen molar-refractivity contribution >= 4 is 11.6 Å². The van der Waals surface area contributed by atoms with Gasteiger partial charge in [-0.1, -0.05) is 31.1 Å². The van der Waals surface area contributed by atoms with Gasteiger partial charge in [-0.05, 0) is 37.0 Å². The van der Waals surface area contributed by atoms with Gasteiger partial charge in [0.05, 0.1) is 17.8 Å². The highest BCUT2D eigenvalue weighted by molar-refractivity contribution is 5.92. The van der Waals surface area contributed by atoms with E-state index in [1.54, 1.807) is 6.07 Å². The third-order valence-electron chi connectivity index (χ3n) is 3.78. The third-order valence-corrected chi connectivity index (χ3v) is 3.78. The fourth-order valence-electron chi connectivity index (χ4n) is 2.73. The number of benzene rings is 1. The van der Waals surface area contributed by atoms with Crippen LogP contribution in [0.1, 0.15) is 44.1 Å². The van der Waals surface area contributed by atoms with Gasteiger partial charge in [-0.3, -0.25) is 4.79 Å².